The molecule has 2 heterocycles. The second kappa shape index (κ2) is 7.07. The molecule has 0 bridgehead atoms. The van der Waals surface area contributed by atoms with E-state index in [1.54, 1.807) is 10.9 Å². The van der Waals surface area contributed by atoms with Gasteiger partial charge in [-0.05, 0) is 18.1 Å². The Bertz CT molecular complexity index is 993. The van der Waals surface area contributed by atoms with Gasteiger partial charge in [-0.25, -0.2) is 0 Å². The molecule has 10 heteroatoms. The lowest BCUT2D eigenvalue weighted by atomic mass is 10.1. The van der Waals surface area contributed by atoms with Gasteiger partial charge >= 0.3 is 6.18 Å². The van der Waals surface area contributed by atoms with Gasteiger partial charge in [0.2, 0.25) is 0 Å². The first-order valence-electron chi connectivity index (χ1n) is 7.85. The first-order chi connectivity index (χ1) is 12.7. The van der Waals surface area contributed by atoms with Crippen LogP contribution in [0, 0.1) is 6.92 Å². The van der Waals surface area contributed by atoms with Crippen LogP contribution in [0.2, 0.25) is 5.02 Å². The summed E-state index contributed by atoms with van der Waals surface area (Å²) in [5.74, 6) is -0.846. The number of alkyl halides is 3. The van der Waals surface area contributed by atoms with Crippen molar-refractivity contribution in [1.82, 2.24) is 19.6 Å². The zero-order valence-electron chi connectivity index (χ0n) is 14.4. The molecule has 0 atom stereocenters. The van der Waals surface area contributed by atoms with Gasteiger partial charge < -0.3 is 5.32 Å². The number of aryl methyl sites for hydroxylation is 2. The smallest absolute Gasteiger partial charge is 0.318 e. The first kappa shape index (κ1) is 19.0. The Morgan fingerprint density at radius 3 is 2.63 bits per heavy atom. The van der Waals surface area contributed by atoms with E-state index in [2.05, 4.69) is 15.5 Å². The van der Waals surface area contributed by atoms with E-state index in [-0.39, 0.29) is 0 Å². The van der Waals surface area contributed by atoms with Crippen LogP contribution in [0.5, 0.6) is 0 Å². The minimum Gasteiger partial charge on any atom is -0.318 e. The zero-order chi connectivity index (χ0) is 19.8. The maximum Gasteiger partial charge on any atom is 0.434 e. The Morgan fingerprint density at radius 1 is 1.30 bits per heavy atom. The standard InChI is InChI=1S/C17H15ClF3N5O/c1-10-5-3-4-6-11(10)8-26-9-12(7-22-26)23-16(27)14-13(18)15(17(19,20)21)25(2)24-14/h3-7,9H,8H2,1-2H3,(H,23,27). The average molecular weight is 398 g/mol. The highest BCUT2D eigenvalue weighted by Crippen LogP contribution is 2.36. The molecule has 0 unspecified atom stereocenters. The largest absolute Gasteiger partial charge is 0.434 e. The summed E-state index contributed by atoms with van der Waals surface area (Å²) < 4.78 is 41.0. The zero-order valence-corrected chi connectivity index (χ0v) is 15.1. The molecular formula is C17H15ClF3N5O. The van der Waals surface area contributed by atoms with Gasteiger partial charge in [-0.15, -0.1) is 0 Å². The van der Waals surface area contributed by atoms with Crippen LogP contribution >= 0.6 is 11.6 Å². The van der Waals surface area contributed by atoms with Crippen molar-refractivity contribution in [2.75, 3.05) is 5.32 Å². The topological polar surface area (TPSA) is 64.7 Å². The van der Waals surface area contributed by atoms with Crippen molar-refractivity contribution in [1.29, 1.82) is 0 Å². The normalized spacial score (nSPS) is 11.6. The van der Waals surface area contributed by atoms with Crippen LogP contribution in [-0.2, 0) is 19.8 Å². The Kier molecular flexibility index (Phi) is 4.97. The number of benzene rings is 1. The SMILES string of the molecule is Cc1ccccc1Cn1cc(NC(=O)c2nn(C)c(C(F)(F)F)c2Cl)cn1. The lowest BCUT2D eigenvalue weighted by Gasteiger charge is -2.06. The third-order valence-corrected chi connectivity index (χ3v) is 4.32. The molecule has 1 aromatic carbocycles. The quantitative estimate of drug-likeness (QED) is 0.726. The molecule has 0 spiro atoms. The maximum absolute atomic E-state index is 13.0. The van der Waals surface area contributed by atoms with E-state index in [4.69, 9.17) is 11.6 Å². The van der Waals surface area contributed by atoms with E-state index < -0.39 is 28.5 Å². The molecule has 0 radical (unpaired) electrons. The third kappa shape index (κ3) is 3.97. The Hall–Kier alpha value is -2.81. The van der Waals surface area contributed by atoms with E-state index >= 15 is 0 Å². The fourth-order valence-corrected chi connectivity index (χ4v) is 2.97. The minimum absolute atomic E-state index is 0.323. The number of carbonyl (C=O) groups excluding carboxylic acids is 1. The number of halogens is 4. The first-order valence-corrected chi connectivity index (χ1v) is 8.22. The number of anilines is 1. The average Bonchev–Trinajstić information content (AvgIpc) is 3.12. The Labute approximate surface area is 157 Å². The monoisotopic (exact) mass is 397 g/mol. The van der Waals surface area contributed by atoms with Crippen molar-refractivity contribution in [2.45, 2.75) is 19.6 Å². The van der Waals surface area contributed by atoms with Gasteiger partial charge in [0, 0.05) is 13.2 Å². The maximum atomic E-state index is 13.0. The fraction of sp³-hybridized carbons (Fsp3) is 0.235. The lowest BCUT2D eigenvalue weighted by Crippen LogP contribution is -2.13. The second-order valence-corrected chi connectivity index (χ2v) is 6.32. The number of amides is 1. The van der Waals surface area contributed by atoms with E-state index in [0.717, 1.165) is 18.2 Å². The van der Waals surface area contributed by atoms with E-state index in [0.29, 0.717) is 16.9 Å². The van der Waals surface area contributed by atoms with Gasteiger partial charge in [0.1, 0.15) is 5.02 Å². The van der Waals surface area contributed by atoms with E-state index in [1.165, 1.54) is 6.20 Å². The van der Waals surface area contributed by atoms with Crippen molar-refractivity contribution in [3.8, 4) is 0 Å². The number of nitrogens with one attached hydrogen (secondary N) is 1. The van der Waals surface area contributed by atoms with Crippen LogP contribution in [0.1, 0.15) is 27.3 Å². The molecule has 3 aromatic rings. The molecular weight excluding hydrogens is 383 g/mol. The second-order valence-electron chi connectivity index (χ2n) is 5.94. The summed E-state index contributed by atoms with van der Waals surface area (Å²) in [6.07, 6.45) is -1.74. The minimum atomic E-state index is -4.71. The van der Waals surface area contributed by atoms with Crippen molar-refractivity contribution in [3.05, 3.63) is 64.2 Å². The molecule has 0 fully saturated rings. The molecule has 0 aliphatic heterocycles. The number of hydrogen-bond acceptors (Lipinski definition) is 3. The molecule has 1 N–H and O–H groups in total. The highest BCUT2D eigenvalue weighted by Gasteiger charge is 2.40. The molecule has 0 saturated carbocycles. The number of rotatable bonds is 4. The fourth-order valence-electron chi connectivity index (χ4n) is 2.62. The predicted molar refractivity (Wildman–Crippen MR) is 93.7 cm³/mol. The highest BCUT2D eigenvalue weighted by atomic mass is 35.5. The summed E-state index contributed by atoms with van der Waals surface area (Å²) in [5, 5.41) is 9.45. The van der Waals surface area contributed by atoms with Crippen LogP contribution < -0.4 is 5.32 Å². The number of nitrogens with zero attached hydrogens (tertiary/aromatic N) is 4. The summed E-state index contributed by atoms with van der Waals surface area (Å²) in [7, 11) is 1.08. The van der Waals surface area contributed by atoms with Crippen LogP contribution in [-0.4, -0.2) is 25.5 Å². The van der Waals surface area contributed by atoms with Crippen LogP contribution in [0.3, 0.4) is 0 Å². The third-order valence-electron chi connectivity index (χ3n) is 3.96. The molecule has 0 aliphatic rings. The highest BCUT2D eigenvalue weighted by molar-refractivity contribution is 6.34. The molecule has 6 nitrogen and oxygen atoms in total. The molecule has 142 valence electrons. The van der Waals surface area contributed by atoms with Crippen molar-refractivity contribution in [3.63, 3.8) is 0 Å². The Morgan fingerprint density at radius 2 is 2.00 bits per heavy atom. The molecule has 0 saturated heterocycles. The van der Waals surface area contributed by atoms with E-state index in [9.17, 15) is 18.0 Å². The number of aromatic nitrogens is 4. The van der Waals surface area contributed by atoms with E-state index in [1.807, 2.05) is 31.2 Å². The van der Waals surface area contributed by atoms with Gasteiger partial charge in [-0.2, -0.15) is 23.4 Å². The molecule has 2 aromatic heterocycles. The van der Waals surface area contributed by atoms with Crippen LogP contribution in [0.4, 0.5) is 18.9 Å². The van der Waals surface area contributed by atoms with Gasteiger partial charge in [0.15, 0.2) is 11.4 Å². The van der Waals surface area contributed by atoms with Gasteiger partial charge in [-0.3, -0.25) is 14.2 Å². The van der Waals surface area contributed by atoms with Crippen molar-refractivity contribution in [2.24, 2.45) is 7.05 Å². The summed E-state index contributed by atoms with van der Waals surface area (Å²) in [5.41, 5.74) is 0.797. The lowest BCUT2D eigenvalue weighted by molar-refractivity contribution is -0.143. The van der Waals surface area contributed by atoms with Crippen molar-refractivity contribution >= 4 is 23.2 Å². The van der Waals surface area contributed by atoms with Gasteiger partial charge in [0.25, 0.3) is 5.91 Å². The number of hydrogen-bond donors (Lipinski definition) is 1. The molecule has 0 aliphatic carbocycles. The van der Waals surface area contributed by atoms with Crippen LogP contribution in [0.25, 0.3) is 0 Å². The molecule has 27 heavy (non-hydrogen) atoms. The van der Waals surface area contributed by atoms with Gasteiger partial charge in [-0.1, -0.05) is 35.9 Å². The summed E-state index contributed by atoms with van der Waals surface area (Å²) >= 11 is 5.72. The summed E-state index contributed by atoms with van der Waals surface area (Å²) in [6.45, 7) is 2.47. The van der Waals surface area contributed by atoms with Crippen molar-refractivity contribution < 1.29 is 18.0 Å². The number of carbonyl (C=O) groups is 1. The molecule has 1 amide bonds. The molecule has 3 rings (SSSR count). The predicted octanol–water partition coefficient (Wildman–Crippen LogP) is 3.90. The summed E-state index contributed by atoms with van der Waals surface area (Å²) in [6, 6.07) is 7.78. The Balaban J connectivity index is 1.76. The van der Waals surface area contributed by atoms with Gasteiger partial charge in [0.05, 0.1) is 18.4 Å². The van der Waals surface area contributed by atoms with Crippen LogP contribution in [0.15, 0.2) is 36.7 Å². The summed E-state index contributed by atoms with van der Waals surface area (Å²) in [4.78, 5) is 12.3.